The van der Waals surface area contributed by atoms with E-state index >= 15 is 0 Å². The molecule has 0 bridgehead atoms. The lowest BCUT2D eigenvalue weighted by Gasteiger charge is -2.01. The molecule has 2 aromatic rings. The molecule has 1 aromatic heterocycles. The van der Waals surface area contributed by atoms with Crippen molar-refractivity contribution in [2.45, 2.75) is 50.6 Å². The molecule has 0 unspecified atom stereocenters. The van der Waals surface area contributed by atoms with Gasteiger partial charge in [-0.05, 0) is 43.4 Å². The summed E-state index contributed by atoms with van der Waals surface area (Å²) in [5.41, 5.74) is 2.66. The van der Waals surface area contributed by atoms with E-state index in [1.165, 1.54) is 46.8 Å². The number of hydrogen-bond acceptors (Lipinski definition) is 3. The summed E-state index contributed by atoms with van der Waals surface area (Å²) < 4.78 is 0. The molecule has 4 rings (SSSR count). The molecule has 2 saturated carbocycles. The SMILES string of the molecule is Clc1ccc(Cc2nc(C3CC3)c(CNC3CC3)s2)cc1. The molecular formula is C17H19ClN2S. The maximum absolute atomic E-state index is 5.95. The molecule has 2 aliphatic carbocycles. The van der Waals surface area contributed by atoms with Crippen molar-refractivity contribution in [3.8, 4) is 0 Å². The van der Waals surface area contributed by atoms with Gasteiger partial charge >= 0.3 is 0 Å². The van der Waals surface area contributed by atoms with Crippen LogP contribution < -0.4 is 5.32 Å². The molecule has 0 atom stereocenters. The first-order valence-corrected chi connectivity index (χ1v) is 8.93. The van der Waals surface area contributed by atoms with Gasteiger partial charge in [-0.25, -0.2) is 4.98 Å². The fourth-order valence-electron chi connectivity index (χ4n) is 2.59. The van der Waals surface area contributed by atoms with Crippen LogP contribution in [0.4, 0.5) is 0 Å². The second-order valence-electron chi connectivity index (χ2n) is 6.15. The molecule has 0 radical (unpaired) electrons. The number of hydrogen-bond donors (Lipinski definition) is 1. The largest absolute Gasteiger partial charge is 0.309 e. The van der Waals surface area contributed by atoms with Gasteiger partial charge in [-0.2, -0.15) is 0 Å². The highest BCUT2D eigenvalue weighted by Crippen LogP contribution is 2.43. The maximum Gasteiger partial charge on any atom is 0.0975 e. The van der Waals surface area contributed by atoms with Crippen LogP contribution in [-0.4, -0.2) is 11.0 Å². The van der Waals surface area contributed by atoms with Gasteiger partial charge in [-0.1, -0.05) is 23.7 Å². The fraction of sp³-hybridized carbons (Fsp3) is 0.471. The Hall–Kier alpha value is -0.900. The van der Waals surface area contributed by atoms with Crippen molar-refractivity contribution in [1.29, 1.82) is 0 Å². The van der Waals surface area contributed by atoms with E-state index in [2.05, 4.69) is 17.4 Å². The van der Waals surface area contributed by atoms with Gasteiger partial charge < -0.3 is 5.32 Å². The van der Waals surface area contributed by atoms with Gasteiger partial charge in [0.2, 0.25) is 0 Å². The summed E-state index contributed by atoms with van der Waals surface area (Å²) in [5, 5.41) is 5.67. The average molecular weight is 319 g/mol. The quantitative estimate of drug-likeness (QED) is 0.847. The topological polar surface area (TPSA) is 24.9 Å². The highest BCUT2D eigenvalue weighted by Gasteiger charge is 2.30. The van der Waals surface area contributed by atoms with Crippen molar-refractivity contribution in [3.05, 3.63) is 50.4 Å². The van der Waals surface area contributed by atoms with Gasteiger partial charge in [-0.15, -0.1) is 11.3 Å². The zero-order valence-electron chi connectivity index (χ0n) is 11.9. The van der Waals surface area contributed by atoms with E-state index in [-0.39, 0.29) is 0 Å². The maximum atomic E-state index is 5.95. The van der Waals surface area contributed by atoms with Crippen molar-refractivity contribution in [3.63, 3.8) is 0 Å². The third kappa shape index (κ3) is 3.47. The number of nitrogens with zero attached hydrogens (tertiary/aromatic N) is 1. The predicted molar refractivity (Wildman–Crippen MR) is 88.2 cm³/mol. The van der Waals surface area contributed by atoms with E-state index in [0.29, 0.717) is 0 Å². The van der Waals surface area contributed by atoms with E-state index in [1.54, 1.807) is 0 Å². The van der Waals surface area contributed by atoms with Crippen LogP contribution in [0.15, 0.2) is 24.3 Å². The Labute approximate surface area is 134 Å². The minimum Gasteiger partial charge on any atom is -0.309 e. The van der Waals surface area contributed by atoms with Gasteiger partial charge in [0.1, 0.15) is 0 Å². The van der Waals surface area contributed by atoms with Crippen molar-refractivity contribution < 1.29 is 0 Å². The first kappa shape index (κ1) is 13.7. The summed E-state index contributed by atoms with van der Waals surface area (Å²) >= 11 is 7.84. The van der Waals surface area contributed by atoms with Crippen LogP contribution in [0.25, 0.3) is 0 Å². The Morgan fingerprint density at radius 3 is 2.57 bits per heavy atom. The summed E-state index contributed by atoms with van der Waals surface area (Å²) in [6.07, 6.45) is 6.25. The lowest BCUT2D eigenvalue weighted by molar-refractivity contribution is 0.688. The Balaban J connectivity index is 1.51. The van der Waals surface area contributed by atoms with Crippen molar-refractivity contribution in [2.24, 2.45) is 0 Å². The number of benzene rings is 1. The van der Waals surface area contributed by atoms with Crippen molar-refractivity contribution in [2.75, 3.05) is 0 Å². The number of thiazole rings is 1. The van der Waals surface area contributed by atoms with E-state index in [0.717, 1.165) is 29.9 Å². The minimum atomic E-state index is 0.733. The molecule has 1 N–H and O–H groups in total. The van der Waals surface area contributed by atoms with Gasteiger partial charge in [0.15, 0.2) is 0 Å². The first-order valence-electron chi connectivity index (χ1n) is 7.74. The summed E-state index contributed by atoms with van der Waals surface area (Å²) in [4.78, 5) is 6.40. The molecule has 0 aliphatic heterocycles. The molecule has 0 saturated heterocycles. The van der Waals surface area contributed by atoms with Crippen LogP contribution >= 0.6 is 22.9 Å². The number of nitrogens with one attached hydrogen (secondary N) is 1. The van der Waals surface area contributed by atoms with Crippen LogP contribution in [0.1, 0.15) is 52.7 Å². The normalized spacial score (nSPS) is 18.1. The fourth-order valence-corrected chi connectivity index (χ4v) is 3.86. The van der Waals surface area contributed by atoms with Gasteiger partial charge in [0, 0.05) is 34.8 Å². The molecule has 2 aliphatic rings. The highest BCUT2D eigenvalue weighted by atomic mass is 35.5. The Morgan fingerprint density at radius 1 is 1.14 bits per heavy atom. The summed E-state index contributed by atoms with van der Waals surface area (Å²) in [7, 11) is 0. The molecule has 4 heteroatoms. The van der Waals surface area contributed by atoms with Crippen LogP contribution in [0, 0.1) is 0 Å². The minimum absolute atomic E-state index is 0.733. The molecule has 2 fully saturated rings. The Kier molecular flexibility index (Phi) is 3.74. The van der Waals surface area contributed by atoms with E-state index in [4.69, 9.17) is 16.6 Å². The zero-order chi connectivity index (χ0) is 14.2. The van der Waals surface area contributed by atoms with Crippen molar-refractivity contribution in [1.82, 2.24) is 10.3 Å². The van der Waals surface area contributed by atoms with E-state index in [9.17, 15) is 0 Å². The monoisotopic (exact) mass is 318 g/mol. The van der Waals surface area contributed by atoms with Crippen LogP contribution in [0.2, 0.25) is 5.02 Å². The zero-order valence-corrected chi connectivity index (χ0v) is 13.5. The lowest BCUT2D eigenvalue weighted by Crippen LogP contribution is -2.15. The second kappa shape index (κ2) is 5.71. The molecule has 110 valence electrons. The van der Waals surface area contributed by atoms with Gasteiger partial charge in [-0.3, -0.25) is 0 Å². The van der Waals surface area contributed by atoms with E-state index < -0.39 is 0 Å². The Morgan fingerprint density at radius 2 is 1.90 bits per heavy atom. The third-order valence-electron chi connectivity index (χ3n) is 4.13. The van der Waals surface area contributed by atoms with Crippen LogP contribution in [0.5, 0.6) is 0 Å². The standard InChI is InChI=1S/C17H19ClN2S/c18-13-5-1-11(2-6-13)9-16-20-17(12-3-4-12)15(21-16)10-19-14-7-8-14/h1-2,5-6,12,14,19H,3-4,7-10H2. The third-order valence-corrected chi connectivity index (χ3v) is 5.46. The molecule has 0 spiro atoms. The number of aromatic nitrogens is 1. The summed E-state index contributed by atoms with van der Waals surface area (Å²) in [5.74, 6) is 0.733. The Bertz CT molecular complexity index is 627. The molecule has 21 heavy (non-hydrogen) atoms. The molecular weight excluding hydrogens is 300 g/mol. The van der Waals surface area contributed by atoms with E-state index in [1.807, 2.05) is 23.5 Å². The number of halogens is 1. The molecule has 0 amide bonds. The van der Waals surface area contributed by atoms with Crippen LogP contribution in [-0.2, 0) is 13.0 Å². The molecule has 1 heterocycles. The second-order valence-corrected chi connectivity index (χ2v) is 7.75. The number of rotatable bonds is 6. The van der Waals surface area contributed by atoms with Crippen molar-refractivity contribution >= 4 is 22.9 Å². The highest BCUT2D eigenvalue weighted by molar-refractivity contribution is 7.11. The van der Waals surface area contributed by atoms with Gasteiger partial charge in [0.25, 0.3) is 0 Å². The van der Waals surface area contributed by atoms with Gasteiger partial charge in [0.05, 0.1) is 10.7 Å². The summed E-state index contributed by atoms with van der Waals surface area (Å²) in [6.45, 7) is 1.01. The molecule has 1 aromatic carbocycles. The molecule has 2 nitrogen and oxygen atoms in total. The lowest BCUT2D eigenvalue weighted by atomic mass is 10.1. The smallest absolute Gasteiger partial charge is 0.0975 e. The first-order chi connectivity index (χ1) is 10.3. The summed E-state index contributed by atoms with van der Waals surface area (Å²) in [6, 6.07) is 8.88. The predicted octanol–water partition coefficient (Wildman–Crippen LogP) is 4.52. The average Bonchev–Trinajstić information content (AvgIpc) is 3.39. The van der Waals surface area contributed by atoms with Crippen LogP contribution in [0.3, 0.4) is 0 Å².